The molecule has 0 amide bonds. The molecule has 24 heavy (non-hydrogen) atoms. The molecule has 0 fully saturated rings. The topological polar surface area (TPSA) is 39.7 Å². The summed E-state index contributed by atoms with van der Waals surface area (Å²) in [6, 6.07) is 9.81. The van der Waals surface area contributed by atoms with Crippen molar-refractivity contribution in [1.82, 2.24) is 0 Å². The molecule has 2 heterocycles. The van der Waals surface area contributed by atoms with Gasteiger partial charge in [-0.05, 0) is 43.7 Å². The Balaban J connectivity index is 1.52. The maximum atomic E-state index is 6.32. The van der Waals surface area contributed by atoms with Gasteiger partial charge in [0.15, 0.2) is 11.5 Å². The smallest absolute Gasteiger partial charge is 0.231 e. The number of hydrogen-bond acceptors (Lipinski definition) is 4. The van der Waals surface area contributed by atoms with Gasteiger partial charge in [-0.2, -0.15) is 0 Å². The van der Waals surface area contributed by atoms with Crippen LogP contribution in [-0.4, -0.2) is 12.4 Å². The molecular weight excluding hydrogens is 326 g/mol. The molecular formula is C19H18ClNO3. The van der Waals surface area contributed by atoms with Gasteiger partial charge in [-0.25, -0.2) is 0 Å². The summed E-state index contributed by atoms with van der Waals surface area (Å²) in [5, 5.41) is 4.04. The highest BCUT2D eigenvalue weighted by molar-refractivity contribution is 6.31. The van der Waals surface area contributed by atoms with Gasteiger partial charge in [-0.3, -0.25) is 0 Å². The molecule has 2 aliphatic heterocycles. The maximum absolute atomic E-state index is 6.32. The fourth-order valence-corrected chi connectivity index (χ4v) is 2.99. The molecule has 5 heteroatoms. The lowest BCUT2D eigenvalue weighted by atomic mass is 10.0. The van der Waals surface area contributed by atoms with E-state index in [0.717, 1.165) is 28.3 Å². The fourth-order valence-electron chi connectivity index (χ4n) is 2.77. The first kappa shape index (κ1) is 15.2. The van der Waals surface area contributed by atoms with Gasteiger partial charge < -0.3 is 19.5 Å². The van der Waals surface area contributed by atoms with Gasteiger partial charge in [-0.1, -0.05) is 17.7 Å². The molecule has 0 radical (unpaired) electrons. The molecule has 0 saturated carbocycles. The van der Waals surface area contributed by atoms with Crippen molar-refractivity contribution in [3.05, 3.63) is 52.6 Å². The van der Waals surface area contributed by atoms with Crippen LogP contribution in [0.5, 0.6) is 17.2 Å². The Morgan fingerprint density at radius 2 is 1.88 bits per heavy atom. The highest BCUT2D eigenvalue weighted by Crippen LogP contribution is 2.37. The van der Waals surface area contributed by atoms with Crippen molar-refractivity contribution in [2.24, 2.45) is 0 Å². The van der Waals surface area contributed by atoms with E-state index in [9.17, 15) is 0 Å². The highest BCUT2D eigenvalue weighted by atomic mass is 35.5. The third-order valence-corrected chi connectivity index (χ3v) is 4.43. The third kappa shape index (κ3) is 2.89. The molecule has 0 aliphatic carbocycles. The van der Waals surface area contributed by atoms with Crippen LogP contribution in [0.3, 0.4) is 0 Å². The molecule has 0 saturated heterocycles. The van der Waals surface area contributed by atoms with E-state index in [4.69, 9.17) is 25.8 Å². The summed E-state index contributed by atoms with van der Waals surface area (Å²) in [6.45, 7) is 4.92. The number of fused-ring (bicyclic) bond motifs is 2. The Morgan fingerprint density at radius 3 is 2.71 bits per heavy atom. The van der Waals surface area contributed by atoms with Crippen LogP contribution in [0.15, 0.2) is 36.4 Å². The molecule has 0 unspecified atom stereocenters. The molecule has 4 rings (SSSR count). The van der Waals surface area contributed by atoms with Crippen LogP contribution in [0.4, 0.5) is 5.69 Å². The highest BCUT2D eigenvalue weighted by Gasteiger charge is 2.21. The van der Waals surface area contributed by atoms with Crippen molar-refractivity contribution in [3.63, 3.8) is 0 Å². The molecule has 0 aromatic heterocycles. The van der Waals surface area contributed by atoms with Crippen LogP contribution in [-0.2, 0) is 6.54 Å². The minimum Gasteiger partial charge on any atom is -0.483 e. The number of benzene rings is 2. The largest absolute Gasteiger partial charge is 0.483 e. The van der Waals surface area contributed by atoms with Crippen molar-refractivity contribution in [3.8, 4) is 17.2 Å². The lowest BCUT2D eigenvalue weighted by molar-refractivity contribution is 0.159. The van der Waals surface area contributed by atoms with Crippen LogP contribution < -0.4 is 19.5 Å². The molecule has 0 spiro atoms. The molecule has 124 valence electrons. The standard InChI is InChI=1S/C19H18ClNO3/c1-19(2)6-5-12-3-4-14(8-16(12)24-19)21-10-13-7-17-18(9-15(13)20)23-11-22-17/h3-9,21H,10-11H2,1-2H3. The summed E-state index contributed by atoms with van der Waals surface area (Å²) in [7, 11) is 0. The molecule has 4 nitrogen and oxygen atoms in total. The van der Waals surface area contributed by atoms with Crippen LogP contribution in [0.2, 0.25) is 5.02 Å². The van der Waals surface area contributed by atoms with E-state index in [1.807, 2.05) is 38.1 Å². The summed E-state index contributed by atoms with van der Waals surface area (Å²) in [5.74, 6) is 2.31. The number of anilines is 1. The summed E-state index contributed by atoms with van der Waals surface area (Å²) < 4.78 is 16.7. The van der Waals surface area contributed by atoms with E-state index in [1.165, 1.54) is 0 Å². The van der Waals surface area contributed by atoms with Crippen LogP contribution >= 0.6 is 11.6 Å². The van der Waals surface area contributed by atoms with E-state index >= 15 is 0 Å². The van der Waals surface area contributed by atoms with Crippen molar-refractivity contribution >= 4 is 23.4 Å². The monoisotopic (exact) mass is 343 g/mol. The summed E-state index contributed by atoms with van der Waals surface area (Å²) in [5.41, 5.74) is 2.74. The van der Waals surface area contributed by atoms with Crippen molar-refractivity contribution in [1.29, 1.82) is 0 Å². The second-order valence-electron chi connectivity index (χ2n) is 6.44. The molecule has 2 aliphatic rings. The van der Waals surface area contributed by atoms with Crippen LogP contribution in [0.1, 0.15) is 25.0 Å². The lowest BCUT2D eigenvalue weighted by Crippen LogP contribution is -2.27. The molecule has 0 atom stereocenters. The zero-order chi connectivity index (χ0) is 16.7. The minimum absolute atomic E-state index is 0.244. The Morgan fingerprint density at radius 1 is 1.08 bits per heavy atom. The van der Waals surface area contributed by atoms with Crippen LogP contribution in [0.25, 0.3) is 6.08 Å². The van der Waals surface area contributed by atoms with Crippen molar-refractivity contribution < 1.29 is 14.2 Å². The second kappa shape index (κ2) is 5.64. The van der Waals surface area contributed by atoms with E-state index in [0.29, 0.717) is 17.3 Å². The summed E-state index contributed by atoms with van der Waals surface area (Å²) >= 11 is 6.32. The van der Waals surface area contributed by atoms with E-state index < -0.39 is 0 Å². The Hall–Kier alpha value is -2.33. The molecule has 2 aromatic rings. The molecule has 2 aromatic carbocycles. The molecule has 0 bridgehead atoms. The Bertz CT molecular complexity index is 830. The third-order valence-electron chi connectivity index (χ3n) is 4.08. The normalized spacial score (nSPS) is 16.5. The molecule has 1 N–H and O–H groups in total. The SMILES string of the molecule is CC1(C)C=Cc2ccc(NCc3cc4c(cc3Cl)OCO4)cc2O1. The van der Waals surface area contributed by atoms with Gasteiger partial charge in [-0.15, -0.1) is 0 Å². The van der Waals surface area contributed by atoms with Gasteiger partial charge in [0.25, 0.3) is 0 Å². The van der Waals surface area contributed by atoms with E-state index in [-0.39, 0.29) is 12.4 Å². The average Bonchev–Trinajstić information content (AvgIpc) is 2.98. The van der Waals surface area contributed by atoms with Gasteiger partial charge in [0, 0.05) is 35.0 Å². The fraction of sp³-hybridized carbons (Fsp3) is 0.263. The first-order valence-electron chi connectivity index (χ1n) is 7.84. The zero-order valence-corrected chi connectivity index (χ0v) is 14.3. The van der Waals surface area contributed by atoms with Crippen molar-refractivity contribution in [2.75, 3.05) is 12.1 Å². The number of hydrogen-bond donors (Lipinski definition) is 1. The first-order valence-corrected chi connectivity index (χ1v) is 8.22. The predicted octanol–water partition coefficient (Wildman–Crippen LogP) is 4.87. The Labute approximate surface area is 146 Å². The van der Waals surface area contributed by atoms with Gasteiger partial charge >= 0.3 is 0 Å². The number of ether oxygens (including phenoxy) is 3. The lowest BCUT2D eigenvalue weighted by Gasteiger charge is -2.28. The van der Waals surface area contributed by atoms with Crippen molar-refractivity contribution in [2.45, 2.75) is 26.0 Å². The van der Waals surface area contributed by atoms with Crippen LogP contribution in [0, 0.1) is 0 Å². The predicted molar refractivity (Wildman–Crippen MR) is 95.1 cm³/mol. The van der Waals surface area contributed by atoms with E-state index in [1.54, 1.807) is 6.07 Å². The maximum Gasteiger partial charge on any atom is 0.231 e. The quantitative estimate of drug-likeness (QED) is 0.863. The van der Waals surface area contributed by atoms with E-state index in [2.05, 4.69) is 17.5 Å². The van der Waals surface area contributed by atoms with Gasteiger partial charge in [0.1, 0.15) is 11.4 Å². The second-order valence-corrected chi connectivity index (χ2v) is 6.85. The summed E-state index contributed by atoms with van der Waals surface area (Å²) in [6.07, 6.45) is 4.16. The Kier molecular flexibility index (Phi) is 3.57. The van der Waals surface area contributed by atoms with Gasteiger partial charge in [0.2, 0.25) is 6.79 Å². The first-order chi connectivity index (χ1) is 11.5. The minimum atomic E-state index is -0.285. The number of rotatable bonds is 3. The van der Waals surface area contributed by atoms with Gasteiger partial charge in [0.05, 0.1) is 0 Å². The number of halogens is 1. The number of nitrogens with one attached hydrogen (secondary N) is 1. The zero-order valence-electron chi connectivity index (χ0n) is 13.6. The average molecular weight is 344 g/mol. The summed E-state index contributed by atoms with van der Waals surface area (Å²) in [4.78, 5) is 0.